The maximum absolute atomic E-state index is 12.0. The molecule has 10 nitrogen and oxygen atoms in total. The lowest BCUT2D eigenvalue weighted by Crippen LogP contribution is -2.28. The van der Waals surface area contributed by atoms with Crippen molar-refractivity contribution in [3.8, 4) is 0 Å². The number of amides is 2. The number of carboxylic acid groups (broad SMARTS) is 2. The monoisotopic (exact) mass is 410 g/mol. The summed E-state index contributed by atoms with van der Waals surface area (Å²) in [7, 11) is 0. The molecule has 4 N–H and O–H groups in total. The SMILES string of the molecule is O=C(O)/C(=C/CC/C=C(\NC(=O)c1ccccn1)C(=O)O)NC(=O)c1ccccn1. The molecule has 0 unspecified atom stereocenters. The number of rotatable bonds is 9. The smallest absolute Gasteiger partial charge is 0.352 e. The van der Waals surface area contributed by atoms with Gasteiger partial charge in [0.2, 0.25) is 0 Å². The van der Waals surface area contributed by atoms with Gasteiger partial charge in [-0.1, -0.05) is 24.3 Å². The van der Waals surface area contributed by atoms with Gasteiger partial charge in [-0.3, -0.25) is 19.6 Å². The van der Waals surface area contributed by atoms with E-state index in [1.807, 2.05) is 0 Å². The van der Waals surface area contributed by atoms with Gasteiger partial charge in [-0.2, -0.15) is 0 Å². The second-order valence-corrected chi connectivity index (χ2v) is 5.76. The first-order valence-electron chi connectivity index (χ1n) is 8.70. The van der Waals surface area contributed by atoms with Crippen molar-refractivity contribution >= 4 is 23.8 Å². The summed E-state index contributed by atoms with van der Waals surface area (Å²) >= 11 is 0. The average Bonchev–Trinajstić information content (AvgIpc) is 2.75. The molecule has 2 aromatic rings. The molecule has 2 heterocycles. The van der Waals surface area contributed by atoms with E-state index in [-0.39, 0.29) is 35.6 Å². The van der Waals surface area contributed by atoms with Crippen LogP contribution in [0.2, 0.25) is 0 Å². The molecular weight excluding hydrogens is 392 g/mol. The van der Waals surface area contributed by atoms with Gasteiger partial charge in [0.15, 0.2) is 0 Å². The van der Waals surface area contributed by atoms with Gasteiger partial charge >= 0.3 is 11.9 Å². The summed E-state index contributed by atoms with van der Waals surface area (Å²) in [6.45, 7) is 0. The topological polar surface area (TPSA) is 159 Å². The van der Waals surface area contributed by atoms with Gasteiger partial charge in [-0.25, -0.2) is 9.59 Å². The Bertz CT molecular complexity index is 905. The van der Waals surface area contributed by atoms with E-state index in [2.05, 4.69) is 20.6 Å². The number of carbonyl (C=O) groups excluding carboxylic acids is 2. The second-order valence-electron chi connectivity index (χ2n) is 5.76. The Morgan fingerprint density at radius 1 is 0.733 bits per heavy atom. The fourth-order valence-corrected chi connectivity index (χ4v) is 2.21. The van der Waals surface area contributed by atoms with Crippen LogP contribution in [0.5, 0.6) is 0 Å². The van der Waals surface area contributed by atoms with Crippen LogP contribution in [0.3, 0.4) is 0 Å². The molecule has 0 aliphatic rings. The second kappa shape index (κ2) is 10.9. The molecule has 0 spiro atoms. The highest BCUT2D eigenvalue weighted by atomic mass is 16.4. The molecule has 10 heteroatoms. The number of hydrogen-bond acceptors (Lipinski definition) is 6. The zero-order chi connectivity index (χ0) is 21.9. The van der Waals surface area contributed by atoms with Gasteiger partial charge in [-0.15, -0.1) is 0 Å². The Morgan fingerprint density at radius 3 is 1.43 bits per heavy atom. The first-order chi connectivity index (χ1) is 14.4. The van der Waals surface area contributed by atoms with Crippen molar-refractivity contribution in [1.82, 2.24) is 20.6 Å². The lowest BCUT2D eigenvalue weighted by molar-refractivity contribution is -0.134. The van der Waals surface area contributed by atoms with Crippen LogP contribution >= 0.6 is 0 Å². The van der Waals surface area contributed by atoms with E-state index in [0.717, 1.165) is 0 Å². The molecule has 0 atom stereocenters. The molecule has 0 fully saturated rings. The summed E-state index contributed by atoms with van der Waals surface area (Å²) in [6, 6.07) is 9.27. The van der Waals surface area contributed by atoms with Gasteiger partial charge in [0.05, 0.1) is 0 Å². The fraction of sp³-hybridized carbons (Fsp3) is 0.100. The van der Waals surface area contributed by atoms with Crippen molar-refractivity contribution < 1.29 is 29.4 Å². The van der Waals surface area contributed by atoms with Crippen molar-refractivity contribution in [2.45, 2.75) is 12.8 Å². The van der Waals surface area contributed by atoms with E-state index < -0.39 is 23.8 Å². The Kier molecular flexibility index (Phi) is 7.94. The highest BCUT2D eigenvalue weighted by Gasteiger charge is 2.15. The normalized spacial score (nSPS) is 11.5. The third-order valence-corrected chi connectivity index (χ3v) is 3.62. The average molecular weight is 410 g/mol. The van der Waals surface area contributed by atoms with Gasteiger partial charge in [0, 0.05) is 12.4 Å². The summed E-state index contributed by atoms with van der Waals surface area (Å²) in [5, 5.41) is 23.0. The highest BCUT2D eigenvalue weighted by Crippen LogP contribution is 2.04. The molecule has 154 valence electrons. The number of unbranched alkanes of at least 4 members (excludes halogenated alkanes) is 1. The number of nitrogens with zero attached hydrogens (tertiary/aromatic N) is 2. The molecule has 30 heavy (non-hydrogen) atoms. The summed E-state index contributed by atoms with van der Waals surface area (Å²) in [5.74, 6) is -4.09. The summed E-state index contributed by atoms with van der Waals surface area (Å²) in [6.07, 6.45) is 5.47. The Balaban J connectivity index is 2.00. The van der Waals surface area contributed by atoms with Crippen LogP contribution in [-0.4, -0.2) is 43.9 Å². The number of hydrogen-bond donors (Lipinski definition) is 4. The molecule has 0 bridgehead atoms. The van der Waals surface area contributed by atoms with Crippen LogP contribution in [0, 0.1) is 0 Å². The van der Waals surface area contributed by atoms with E-state index in [4.69, 9.17) is 0 Å². The molecule has 0 saturated heterocycles. The maximum Gasteiger partial charge on any atom is 0.352 e. The van der Waals surface area contributed by atoms with Crippen LogP contribution in [0.15, 0.2) is 72.3 Å². The van der Waals surface area contributed by atoms with Gasteiger partial charge in [0.1, 0.15) is 22.8 Å². The van der Waals surface area contributed by atoms with E-state index in [1.54, 1.807) is 24.3 Å². The Hall–Kier alpha value is -4.34. The minimum atomic E-state index is -1.36. The van der Waals surface area contributed by atoms with Crippen LogP contribution in [-0.2, 0) is 9.59 Å². The first kappa shape index (κ1) is 22.0. The number of pyridine rings is 2. The molecule has 2 aromatic heterocycles. The summed E-state index contributed by atoms with van der Waals surface area (Å²) in [4.78, 5) is 54.4. The molecular formula is C20H18N4O6. The number of carbonyl (C=O) groups is 4. The third kappa shape index (κ3) is 6.68. The summed E-state index contributed by atoms with van der Waals surface area (Å²) in [5.41, 5.74) is -0.633. The Morgan fingerprint density at radius 2 is 1.13 bits per heavy atom. The van der Waals surface area contributed by atoms with Gasteiger partial charge in [0.25, 0.3) is 11.8 Å². The lowest BCUT2D eigenvalue weighted by atomic mass is 10.2. The van der Waals surface area contributed by atoms with Crippen molar-refractivity contribution in [2.75, 3.05) is 0 Å². The molecule has 0 aliphatic carbocycles. The number of nitrogens with one attached hydrogen (secondary N) is 2. The van der Waals surface area contributed by atoms with E-state index in [1.165, 1.54) is 36.7 Å². The third-order valence-electron chi connectivity index (χ3n) is 3.62. The van der Waals surface area contributed by atoms with Crippen molar-refractivity contribution in [1.29, 1.82) is 0 Å². The largest absolute Gasteiger partial charge is 0.477 e. The number of allylic oxidation sites excluding steroid dienone is 2. The molecule has 0 radical (unpaired) electrons. The quantitative estimate of drug-likeness (QED) is 0.356. The molecule has 0 aliphatic heterocycles. The predicted molar refractivity (Wildman–Crippen MR) is 104 cm³/mol. The minimum Gasteiger partial charge on any atom is -0.477 e. The van der Waals surface area contributed by atoms with Crippen molar-refractivity contribution in [3.63, 3.8) is 0 Å². The molecule has 0 aromatic carbocycles. The predicted octanol–water partition coefficient (Wildman–Crippen LogP) is 1.35. The van der Waals surface area contributed by atoms with Crippen LogP contribution < -0.4 is 10.6 Å². The van der Waals surface area contributed by atoms with E-state index in [9.17, 15) is 29.4 Å². The zero-order valence-electron chi connectivity index (χ0n) is 15.6. The van der Waals surface area contributed by atoms with Gasteiger partial charge in [-0.05, 0) is 37.1 Å². The zero-order valence-corrected chi connectivity index (χ0v) is 15.6. The van der Waals surface area contributed by atoms with Crippen LogP contribution in [0.25, 0.3) is 0 Å². The van der Waals surface area contributed by atoms with Crippen LogP contribution in [0.4, 0.5) is 0 Å². The number of carboxylic acids is 2. The lowest BCUT2D eigenvalue weighted by Gasteiger charge is -2.06. The van der Waals surface area contributed by atoms with E-state index >= 15 is 0 Å². The van der Waals surface area contributed by atoms with Crippen molar-refractivity contribution in [2.24, 2.45) is 0 Å². The standard InChI is InChI=1S/C20H18N4O6/c25-17(13-7-3-5-11-21-13)23-15(19(27)28)9-1-2-10-16(20(29)30)24-18(26)14-8-4-6-12-22-14/h3-12H,1-2H2,(H,23,25)(H,24,26)(H,27,28)(H,29,30)/b15-9-,16-10-. The number of aliphatic carboxylic acids is 2. The molecule has 2 amide bonds. The molecule has 2 rings (SSSR count). The van der Waals surface area contributed by atoms with Gasteiger partial charge < -0.3 is 20.8 Å². The maximum atomic E-state index is 12.0. The first-order valence-corrected chi connectivity index (χ1v) is 8.70. The summed E-state index contributed by atoms with van der Waals surface area (Å²) < 4.78 is 0. The van der Waals surface area contributed by atoms with E-state index in [0.29, 0.717) is 0 Å². The van der Waals surface area contributed by atoms with Crippen molar-refractivity contribution in [3.05, 3.63) is 83.7 Å². The fourth-order valence-electron chi connectivity index (χ4n) is 2.21. The Labute approximate surface area is 171 Å². The van der Waals surface area contributed by atoms with Crippen LogP contribution in [0.1, 0.15) is 33.8 Å². The number of aromatic nitrogens is 2. The minimum absolute atomic E-state index is 0.0509. The highest BCUT2D eigenvalue weighted by molar-refractivity contribution is 6.00. The molecule has 0 saturated carbocycles.